The quantitative estimate of drug-likeness (QED) is 0.767. The standard InChI is InChI=1S/C17H19NOS/c1-12(2)17(3,19-4)10-14-9-13(11-18)15-7-5-6-8-16(15)20-14/h5-9,14H,1,10H2,2-4H3. The van der Waals surface area contributed by atoms with Gasteiger partial charge in [0.05, 0.1) is 17.2 Å². The lowest BCUT2D eigenvalue weighted by Gasteiger charge is -2.33. The van der Waals surface area contributed by atoms with Crippen molar-refractivity contribution in [1.29, 1.82) is 5.26 Å². The Bertz CT molecular complexity index is 599. The summed E-state index contributed by atoms with van der Waals surface area (Å²) in [5.41, 5.74) is 2.43. The Labute approximate surface area is 125 Å². The highest BCUT2D eigenvalue weighted by Crippen LogP contribution is 2.41. The topological polar surface area (TPSA) is 33.0 Å². The van der Waals surface area contributed by atoms with E-state index in [2.05, 4.69) is 25.6 Å². The van der Waals surface area contributed by atoms with E-state index >= 15 is 0 Å². The molecule has 0 amide bonds. The van der Waals surface area contributed by atoms with Crippen molar-refractivity contribution >= 4 is 17.3 Å². The third-order valence-corrected chi connectivity index (χ3v) is 5.09. The monoisotopic (exact) mass is 285 g/mol. The third-order valence-electron chi connectivity index (χ3n) is 3.87. The van der Waals surface area contributed by atoms with Gasteiger partial charge >= 0.3 is 0 Å². The Balaban J connectivity index is 2.30. The van der Waals surface area contributed by atoms with E-state index < -0.39 is 0 Å². The van der Waals surface area contributed by atoms with Gasteiger partial charge in [0.1, 0.15) is 0 Å². The van der Waals surface area contributed by atoms with Gasteiger partial charge in [0.2, 0.25) is 0 Å². The van der Waals surface area contributed by atoms with Crippen molar-refractivity contribution in [2.75, 3.05) is 7.11 Å². The van der Waals surface area contributed by atoms with E-state index in [1.54, 1.807) is 18.9 Å². The molecule has 0 fully saturated rings. The van der Waals surface area contributed by atoms with Crippen LogP contribution in [0.3, 0.4) is 0 Å². The van der Waals surface area contributed by atoms with Crippen molar-refractivity contribution in [2.24, 2.45) is 0 Å². The molecule has 0 saturated heterocycles. The van der Waals surface area contributed by atoms with Crippen LogP contribution in [0.15, 0.2) is 47.4 Å². The second kappa shape index (κ2) is 5.87. The molecule has 1 aromatic carbocycles. The van der Waals surface area contributed by atoms with Gasteiger partial charge in [-0.2, -0.15) is 5.26 Å². The van der Waals surface area contributed by atoms with Gasteiger partial charge in [0.25, 0.3) is 0 Å². The highest BCUT2D eigenvalue weighted by Gasteiger charge is 2.31. The first-order valence-electron chi connectivity index (χ1n) is 6.59. The number of nitriles is 1. The van der Waals surface area contributed by atoms with Crippen LogP contribution in [0.25, 0.3) is 5.57 Å². The molecule has 1 aliphatic rings. The normalized spacial score (nSPS) is 20.3. The van der Waals surface area contributed by atoms with Crippen LogP contribution in [0.4, 0.5) is 0 Å². The first-order valence-corrected chi connectivity index (χ1v) is 7.47. The van der Waals surface area contributed by atoms with Crippen LogP contribution in [-0.2, 0) is 4.74 Å². The summed E-state index contributed by atoms with van der Waals surface area (Å²) in [5, 5.41) is 9.57. The summed E-state index contributed by atoms with van der Waals surface area (Å²) in [6, 6.07) is 10.4. The predicted molar refractivity (Wildman–Crippen MR) is 84.5 cm³/mol. The first-order chi connectivity index (χ1) is 9.50. The molecule has 2 unspecified atom stereocenters. The Morgan fingerprint density at radius 2 is 2.20 bits per heavy atom. The molecule has 1 aliphatic heterocycles. The number of hydrogen-bond donors (Lipinski definition) is 0. The average Bonchev–Trinajstić information content (AvgIpc) is 2.46. The first kappa shape index (κ1) is 14.9. The lowest BCUT2D eigenvalue weighted by atomic mass is 9.91. The number of nitrogens with zero attached hydrogens (tertiary/aromatic N) is 1. The van der Waals surface area contributed by atoms with Crippen LogP contribution in [-0.4, -0.2) is 18.0 Å². The minimum atomic E-state index is -0.360. The maximum Gasteiger partial charge on any atom is 0.0995 e. The van der Waals surface area contributed by atoms with Gasteiger partial charge < -0.3 is 4.74 Å². The minimum absolute atomic E-state index is 0.223. The summed E-state index contributed by atoms with van der Waals surface area (Å²) >= 11 is 1.79. The Morgan fingerprint density at radius 3 is 2.80 bits per heavy atom. The van der Waals surface area contributed by atoms with Crippen molar-refractivity contribution in [3.8, 4) is 6.07 Å². The van der Waals surface area contributed by atoms with Crippen molar-refractivity contribution in [3.63, 3.8) is 0 Å². The molecule has 2 rings (SSSR count). The number of rotatable bonds is 4. The molecule has 0 saturated carbocycles. The fourth-order valence-electron chi connectivity index (χ4n) is 2.28. The highest BCUT2D eigenvalue weighted by atomic mass is 32.2. The maximum atomic E-state index is 9.34. The zero-order valence-electron chi connectivity index (χ0n) is 12.1. The average molecular weight is 285 g/mol. The van der Waals surface area contributed by atoms with Gasteiger partial charge in [-0.15, -0.1) is 11.8 Å². The number of thioether (sulfide) groups is 1. The van der Waals surface area contributed by atoms with Crippen LogP contribution in [0.5, 0.6) is 0 Å². The lowest BCUT2D eigenvalue weighted by Crippen LogP contribution is -2.32. The van der Waals surface area contributed by atoms with E-state index in [4.69, 9.17) is 4.74 Å². The second-order valence-electron chi connectivity index (χ2n) is 5.26. The van der Waals surface area contributed by atoms with Gasteiger partial charge in [-0.05, 0) is 31.9 Å². The van der Waals surface area contributed by atoms with Gasteiger partial charge in [-0.3, -0.25) is 0 Å². The van der Waals surface area contributed by atoms with Crippen LogP contribution in [0.2, 0.25) is 0 Å². The van der Waals surface area contributed by atoms with E-state index in [1.165, 1.54) is 0 Å². The lowest BCUT2D eigenvalue weighted by molar-refractivity contribution is 0.0333. The van der Waals surface area contributed by atoms with E-state index in [0.29, 0.717) is 0 Å². The summed E-state index contributed by atoms with van der Waals surface area (Å²) in [6.07, 6.45) is 2.86. The molecule has 1 heterocycles. The van der Waals surface area contributed by atoms with Crippen LogP contribution in [0.1, 0.15) is 25.8 Å². The summed E-state index contributed by atoms with van der Waals surface area (Å²) in [6.45, 7) is 8.06. The molecule has 2 atom stereocenters. The molecule has 3 heteroatoms. The molecule has 104 valence electrons. The number of fused-ring (bicyclic) bond motifs is 1. The third kappa shape index (κ3) is 2.82. The molecule has 20 heavy (non-hydrogen) atoms. The molecular weight excluding hydrogens is 266 g/mol. The van der Waals surface area contributed by atoms with Gasteiger partial charge in [-0.25, -0.2) is 0 Å². The van der Waals surface area contributed by atoms with E-state index in [-0.39, 0.29) is 10.9 Å². The molecule has 0 aliphatic carbocycles. The molecule has 2 nitrogen and oxygen atoms in total. The zero-order valence-corrected chi connectivity index (χ0v) is 13.0. The fraction of sp³-hybridized carbons (Fsp3) is 0.353. The summed E-state index contributed by atoms with van der Waals surface area (Å²) in [5.74, 6) is 0. The van der Waals surface area contributed by atoms with Crippen molar-refractivity contribution in [1.82, 2.24) is 0 Å². The minimum Gasteiger partial charge on any atom is -0.374 e. The molecule has 0 bridgehead atoms. The number of ether oxygens (including phenoxy) is 1. The second-order valence-corrected chi connectivity index (χ2v) is 6.55. The molecule has 0 aromatic heterocycles. The molecular formula is C17H19NOS. The molecule has 1 aromatic rings. The smallest absolute Gasteiger partial charge is 0.0995 e. The van der Waals surface area contributed by atoms with Gasteiger partial charge in [0, 0.05) is 22.8 Å². The van der Waals surface area contributed by atoms with Crippen LogP contribution < -0.4 is 0 Å². The Hall–Kier alpha value is -1.50. The SMILES string of the molecule is C=C(C)C(C)(CC1C=C(C#N)c2ccccc2S1)OC. The molecule has 0 radical (unpaired) electrons. The van der Waals surface area contributed by atoms with Gasteiger partial charge in [-0.1, -0.05) is 30.9 Å². The fourth-order valence-corrected chi connectivity index (χ4v) is 3.67. The Morgan fingerprint density at radius 1 is 1.50 bits per heavy atom. The number of methoxy groups -OCH3 is 1. The van der Waals surface area contributed by atoms with E-state index in [9.17, 15) is 5.26 Å². The highest BCUT2D eigenvalue weighted by molar-refractivity contribution is 8.00. The molecule has 0 spiro atoms. The van der Waals surface area contributed by atoms with Crippen molar-refractivity contribution in [3.05, 3.63) is 48.1 Å². The number of hydrogen-bond acceptors (Lipinski definition) is 3. The van der Waals surface area contributed by atoms with Gasteiger partial charge in [0.15, 0.2) is 0 Å². The largest absolute Gasteiger partial charge is 0.374 e. The number of benzene rings is 1. The summed E-state index contributed by atoms with van der Waals surface area (Å²) < 4.78 is 5.63. The maximum absolute atomic E-state index is 9.34. The zero-order chi connectivity index (χ0) is 14.8. The van der Waals surface area contributed by atoms with Crippen molar-refractivity contribution < 1.29 is 4.74 Å². The van der Waals surface area contributed by atoms with E-state index in [0.717, 1.165) is 28.0 Å². The van der Waals surface area contributed by atoms with Crippen LogP contribution >= 0.6 is 11.8 Å². The Kier molecular flexibility index (Phi) is 4.37. The summed E-state index contributed by atoms with van der Waals surface area (Å²) in [4.78, 5) is 1.16. The van der Waals surface area contributed by atoms with Crippen LogP contribution in [0, 0.1) is 11.3 Å². The predicted octanol–water partition coefficient (Wildman–Crippen LogP) is 4.44. The van der Waals surface area contributed by atoms with E-state index in [1.807, 2.05) is 31.2 Å². The van der Waals surface area contributed by atoms with Crippen molar-refractivity contribution in [2.45, 2.75) is 36.0 Å². The summed E-state index contributed by atoms with van der Waals surface area (Å²) in [7, 11) is 1.71. The number of allylic oxidation sites excluding steroid dienone is 1. The molecule has 0 N–H and O–H groups in total.